The standard InChI is InChI=1S/C15H17FN2O/c1-9(2)8-18-13-7-11(16)5-6-12(13)14(17-18)15(19)10(3)4/h5-8,10H,1-4H3. The van der Waals surface area contributed by atoms with Crippen LogP contribution in [0.1, 0.15) is 38.2 Å². The minimum atomic E-state index is -0.334. The Bertz CT molecular complexity index is 664. The average molecular weight is 260 g/mol. The molecule has 0 amide bonds. The highest BCUT2D eigenvalue weighted by Gasteiger charge is 2.19. The van der Waals surface area contributed by atoms with E-state index >= 15 is 0 Å². The number of rotatable bonds is 3. The van der Waals surface area contributed by atoms with Crippen LogP contribution in [0.25, 0.3) is 17.1 Å². The van der Waals surface area contributed by atoms with Crippen molar-refractivity contribution in [1.82, 2.24) is 9.78 Å². The maximum Gasteiger partial charge on any atom is 0.186 e. The summed E-state index contributed by atoms with van der Waals surface area (Å²) in [5.74, 6) is -0.500. The van der Waals surface area contributed by atoms with E-state index in [0.717, 1.165) is 5.57 Å². The number of allylic oxidation sites excluding steroid dienone is 1. The molecule has 0 saturated carbocycles. The topological polar surface area (TPSA) is 34.9 Å². The van der Waals surface area contributed by atoms with Gasteiger partial charge in [0.15, 0.2) is 5.78 Å². The van der Waals surface area contributed by atoms with Gasteiger partial charge in [-0.05, 0) is 26.0 Å². The minimum absolute atomic E-state index is 0.0301. The molecule has 0 saturated heterocycles. The van der Waals surface area contributed by atoms with E-state index in [1.165, 1.54) is 12.1 Å². The number of hydrogen-bond donors (Lipinski definition) is 0. The number of carbonyl (C=O) groups is 1. The van der Waals surface area contributed by atoms with Crippen molar-refractivity contribution >= 4 is 22.9 Å². The SMILES string of the molecule is CC(C)=Cn1nc(C(=O)C(C)C)c2ccc(F)cc21. The van der Waals surface area contributed by atoms with Crippen LogP contribution in [0.15, 0.2) is 23.8 Å². The van der Waals surface area contributed by atoms with E-state index in [0.29, 0.717) is 16.6 Å². The van der Waals surface area contributed by atoms with Crippen molar-refractivity contribution < 1.29 is 9.18 Å². The summed E-state index contributed by atoms with van der Waals surface area (Å²) in [7, 11) is 0. The molecule has 0 N–H and O–H groups in total. The number of nitrogens with zero attached hydrogens (tertiary/aromatic N) is 2. The molecule has 0 spiro atoms. The zero-order valence-electron chi connectivity index (χ0n) is 11.6. The Morgan fingerprint density at radius 3 is 2.63 bits per heavy atom. The Labute approximate surface area is 111 Å². The van der Waals surface area contributed by atoms with E-state index in [4.69, 9.17) is 0 Å². The van der Waals surface area contributed by atoms with Crippen LogP contribution in [-0.2, 0) is 0 Å². The summed E-state index contributed by atoms with van der Waals surface area (Å²) in [4.78, 5) is 12.2. The third kappa shape index (κ3) is 2.57. The zero-order valence-corrected chi connectivity index (χ0v) is 11.6. The maximum absolute atomic E-state index is 13.4. The molecule has 2 aromatic rings. The molecule has 2 rings (SSSR count). The number of fused-ring (bicyclic) bond motifs is 1. The summed E-state index contributed by atoms with van der Waals surface area (Å²) in [5, 5.41) is 5.01. The molecule has 4 heteroatoms. The third-order valence-corrected chi connectivity index (χ3v) is 2.81. The summed E-state index contributed by atoms with van der Waals surface area (Å²) >= 11 is 0. The first kappa shape index (κ1) is 13.5. The van der Waals surface area contributed by atoms with Crippen LogP contribution < -0.4 is 0 Å². The summed E-state index contributed by atoms with van der Waals surface area (Å²) in [5.41, 5.74) is 2.05. The van der Waals surface area contributed by atoms with Crippen molar-refractivity contribution in [2.75, 3.05) is 0 Å². The molecule has 0 atom stereocenters. The lowest BCUT2D eigenvalue weighted by Gasteiger charge is -1.99. The Kier molecular flexibility index (Phi) is 3.51. The van der Waals surface area contributed by atoms with E-state index < -0.39 is 0 Å². The molecule has 1 aromatic carbocycles. The van der Waals surface area contributed by atoms with E-state index in [2.05, 4.69) is 5.10 Å². The summed E-state index contributed by atoms with van der Waals surface area (Å²) in [6.07, 6.45) is 1.79. The molecule has 0 bridgehead atoms. The Morgan fingerprint density at radius 2 is 2.05 bits per heavy atom. The number of benzene rings is 1. The van der Waals surface area contributed by atoms with Gasteiger partial charge in [0.1, 0.15) is 11.5 Å². The smallest absolute Gasteiger partial charge is 0.186 e. The van der Waals surface area contributed by atoms with Crippen LogP contribution in [0, 0.1) is 11.7 Å². The summed E-state index contributed by atoms with van der Waals surface area (Å²) in [6, 6.07) is 4.37. The number of carbonyl (C=O) groups excluding carboxylic acids is 1. The van der Waals surface area contributed by atoms with E-state index in [1.54, 1.807) is 16.9 Å². The minimum Gasteiger partial charge on any atom is -0.292 e. The summed E-state index contributed by atoms with van der Waals surface area (Å²) in [6.45, 7) is 7.52. The van der Waals surface area contributed by atoms with Gasteiger partial charge in [0, 0.05) is 23.6 Å². The van der Waals surface area contributed by atoms with E-state index in [1.807, 2.05) is 27.7 Å². The second-order valence-corrected chi connectivity index (χ2v) is 5.18. The molecule has 100 valence electrons. The first-order valence-electron chi connectivity index (χ1n) is 6.27. The highest BCUT2D eigenvalue weighted by Crippen LogP contribution is 2.23. The van der Waals surface area contributed by atoms with Crippen LogP contribution in [0.3, 0.4) is 0 Å². The molecule has 0 radical (unpaired) electrons. The first-order valence-corrected chi connectivity index (χ1v) is 6.27. The Hall–Kier alpha value is -1.97. The molecule has 0 aliphatic carbocycles. The van der Waals surface area contributed by atoms with Crippen molar-refractivity contribution in [2.45, 2.75) is 27.7 Å². The van der Waals surface area contributed by atoms with Crippen molar-refractivity contribution in [1.29, 1.82) is 0 Å². The quantitative estimate of drug-likeness (QED) is 0.784. The van der Waals surface area contributed by atoms with Gasteiger partial charge in [-0.3, -0.25) is 4.79 Å². The molecular formula is C15H17FN2O. The van der Waals surface area contributed by atoms with Gasteiger partial charge < -0.3 is 0 Å². The normalized spacial score (nSPS) is 11.1. The molecule has 0 unspecified atom stereocenters. The molecular weight excluding hydrogens is 243 g/mol. The van der Waals surface area contributed by atoms with Crippen LogP contribution in [-0.4, -0.2) is 15.6 Å². The number of Topliss-reactive ketones (excluding diaryl/α,β-unsaturated/α-hetero) is 1. The van der Waals surface area contributed by atoms with Gasteiger partial charge in [-0.25, -0.2) is 9.07 Å². The lowest BCUT2D eigenvalue weighted by molar-refractivity contribution is 0.0935. The second kappa shape index (κ2) is 4.96. The van der Waals surface area contributed by atoms with Gasteiger partial charge in [-0.15, -0.1) is 0 Å². The Morgan fingerprint density at radius 1 is 1.37 bits per heavy atom. The lowest BCUT2D eigenvalue weighted by atomic mass is 10.0. The highest BCUT2D eigenvalue weighted by atomic mass is 19.1. The van der Waals surface area contributed by atoms with Gasteiger partial charge in [0.2, 0.25) is 0 Å². The molecule has 1 aromatic heterocycles. The molecule has 0 aliphatic heterocycles. The molecule has 1 heterocycles. The van der Waals surface area contributed by atoms with Gasteiger partial charge in [0.05, 0.1) is 5.52 Å². The van der Waals surface area contributed by atoms with Crippen LogP contribution in [0.5, 0.6) is 0 Å². The fraction of sp³-hybridized carbons (Fsp3) is 0.333. The van der Waals surface area contributed by atoms with Gasteiger partial charge >= 0.3 is 0 Å². The Balaban J connectivity index is 2.73. The molecule has 0 aliphatic rings. The first-order chi connectivity index (χ1) is 8.90. The second-order valence-electron chi connectivity index (χ2n) is 5.18. The van der Waals surface area contributed by atoms with E-state index in [9.17, 15) is 9.18 Å². The molecule has 0 fully saturated rings. The molecule has 19 heavy (non-hydrogen) atoms. The van der Waals surface area contributed by atoms with E-state index in [-0.39, 0.29) is 17.5 Å². The molecule has 3 nitrogen and oxygen atoms in total. The predicted octanol–water partition coefficient (Wildman–Crippen LogP) is 3.89. The monoisotopic (exact) mass is 260 g/mol. The van der Waals surface area contributed by atoms with Crippen molar-refractivity contribution in [3.63, 3.8) is 0 Å². The average Bonchev–Trinajstić information content (AvgIpc) is 2.65. The lowest BCUT2D eigenvalue weighted by Crippen LogP contribution is -2.08. The van der Waals surface area contributed by atoms with Crippen molar-refractivity contribution in [3.8, 4) is 0 Å². The van der Waals surface area contributed by atoms with Gasteiger partial charge in [-0.2, -0.15) is 5.10 Å². The fourth-order valence-electron chi connectivity index (χ4n) is 1.91. The van der Waals surface area contributed by atoms with Gasteiger partial charge in [-0.1, -0.05) is 19.4 Å². The number of ketones is 1. The zero-order chi connectivity index (χ0) is 14.2. The van der Waals surface area contributed by atoms with Crippen molar-refractivity contribution in [2.24, 2.45) is 5.92 Å². The van der Waals surface area contributed by atoms with Crippen LogP contribution >= 0.6 is 0 Å². The highest BCUT2D eigenvalue weighted by molar-refractivity contribution is 6.07. The van der Waals surface area contributed by atoms with Crippen LogP contribution in [0.4, 0.5) is 4.39 Å². The number of hydrogen-bond acceptors (Lipinski definition) is 2. The van der Waals surface area contributed by atoms with Gasteiger partial charge in [0.25, 0.3) is 0 Å². The predicted molar refractivity (Wildman–Crippen MR) is 74.5 cm³/mol. The largest absolute Gasteiger partial charge is 0.292 e. The maximum atomic E-state index is 13.4. The van der Waals surface area contributed by atoms with Crippen molar-refractivity contribution in [3.05, 3.63) is 35.3 Å². The number of halogens is 1. The number of aromatic nitrogens is 2. The third-order valence-electron chi connectivity index (χ3n) is 2.81. The van der Waals surface area contributed by atoms with Crippen LogP contribution in [0.2, 0.25) is 0 Å². The fourth-order valence-corrected chi connectivity index (χ4v) is 1.91. The summed E-state index contributed by atoms with van der Waals surface area (Å²) < 4.78 is 14.9.